The van der Waals surface area contributed by atoms with E-state index < -0.39 is 29.3 Å². The molecular formula is C23H25F2N3O3. The molecular weight excluding hydrogens is 404 g/mol. The van der Waals surface area contributed by atoms with Crippen molar-refractivity contribution in [3.05, 3.63) is 65.5 Å². The first-order valence-corrected chi connectivity index (χ1v) is 10.5. The molecule has 1 aromatic carbocycles. The zero-order valence-electron chi connectivity index (χ0n) is 17.3. The molecule has 164 valence electrons. The van der Waals surface area contributed by atoms with Gasteiger partial charge in [0.15, 0.2) is 0 Å². The number of hydrogen-bond acceptors (Lipinski definition) is 4. The molecule has 1 saturated carbocycles. The van der Waals surface area contributed by atoms with Crippen LogP contribution >= 0.6 is 0 Å². The Labute approximate surface area is 179 Å². The highest BCUT2D eigenvalue weighted by Gasteiger charge is 2.53. The highest BCUT2D eigenvalue weighted by Crippen LogP contribution is 2.43. The van der Waals surface area contributed by atoms with Gasteiger partial charge in [-0.3, -0.25) is 19.5 Å². The number of nitrogens with one attached hydrogen (secondary N) is 1. The van der Waals surface area contributed by atoms with Crippen molar-refractivity contribution in [3.63, 3.8) is 0 Å². The molecule has 0 bridgehead atoms. The fourth-order valence-corrected chi connectivity index (χ4v) is 4.41. The van der Waals surface area contributed by atoms with E-state index in [2.05, 4.69) is 17.2 Å². The van der Waals surface area contributed by atoms with Crippen LogP contribution in [0.1, 0.15) is 48.5 Å². The fourth-order valence-electron chi connectivity index (χ4n) is 4.41. The number of aromatic nitrogens is 1. The van der Waals surface area contributed by atoms with Gasteiger partial charge in [0.05, 0.1) is 6.61 Å². The van der Waals surface area contributed by atoms with Crippen molar-refractivity contribution >= 4 is 11.8 Å². The molecule has 0 unspecified atom stereocenters. The molecule has 8 heteroatoms. The summed E-state index contributed by atoms with van der Waals surface area (Å²) in [5.74, 6) is -2.17. The predicted octanol–water partition coefficient (Wildman–Crippen LogP) is 3.42. The summed E-state index contributed by atoms with van der Waals surface area (Å²) in [5.41, 5.74) is -0.255. The predicted molar refractivity (Wildman–Crippen MR) is 109 cm³/mol. The smallest absolute Gasteiger partial charge is 0.257 e. The molecule has 31 heavy (non-hydrogen) atoms. The molecule has 2 aliphatic rings. The maximum atomic E-state index is 13.8. The lowest BCUT2D eigenvalue weighted by Crippen LogP contribution is -2.56. The summed E-state index contributed by atoms with van der Waals surface area (Å²) < 4.78 is 33.7. The van der Waals surface area contributed by atoms with Crippen molar-refractivity contribution in [2.24, 2.45) is 5.92 Å². The Morgan fingerprint density at radius 3 is 2.58 bits per heavy atom. The first kappa shape index (κ1) is 21.4. The number of benzene rings is 1. The Balaban J connectivity index is 1.60. The number of amides is 2. The maximum Gasteiger partial charge on any atom is 0.257 e. The third-order valence-electron chi connectivity index (χ3n) is 6.14. The zero-order valence-corrected chi connectivity index (χ0v) is 17.3. The first-order chi connectivity index (χ1) is 14.9. The molecule has 1 atom stereocenters. The second kappa shape index (κ2) is 8.70. The van der Waals surface area contributed by atoms with E-state index in [1.807, 2.05) is 6.07 Å². The van der Waals surface area contributed by atoms with E-state index in [9.17, 15) is 18.4 Å². The molecule has 1 saturated heterocycles. The Bertz CT molecular complexity index is 942. The molecule has 6 nitrogen and oxygen atoms in total. The molecule has 4 rings (SSSR count). The number of halogens is 2. The summed E-state index contributed by atoms with van der Waals surface area (Å²) in [5, 5.41) is 2.83. The Morgan fingerprint density at radius 1 is 1.23 bits per heavy atom. The second-order valence-electron chi connectivity index (χ2n) is 8.37. The summed E-state index contributed by atoms with van der Waals surface area (Å²) in [6.45, 7) is 2.43. The molecule has 1 aromatic heterocycles. The van der Waals surface area contributed by atoms with Crippen LogP contribution in [0.2, 0.25) is 0 Å². The Kier molecular flexibility index (Phi) is 6.00. The monoisotopic (exact) mass is 429 g/mol. The number of hydrogen-bond donors (Lipinski definition) is 1. The average molecular weight is 429 g/mol. The highest BCUT2D eigenvalue weighted by atomic mass is 19.1. The van der Waals surface area contributed by atoms with Gasteiger partial charge < -0.3 is 10.1 Å². The van der Waals surface area contributed by atoms with E-state index in [0.29, 0.717) is 24.8 Å². The largest absolute Gasteiger partial charge is 0.353 e. The topological polar surface area (TPSA) is 71.5 Å². The van der Waals surface area contributed by atoms with Crippen LogP contribution in [-0.2, 0) is 16.1 Å². The van der Waals surface area contributed by atoms with Crippen LogP contribution in [0.3, 0.4) is 0 Å². The Morgan fingerprint density at radius 2 is 1.94 bits per heavy atom. The molecule has 2 amide bonds. The molecule has 2 heterocycles. The van der Waals surface area contributed by atoms with Gasteiger partial charge >= 0.3 is 0 Å². The van der Waals surface area contributed by atoms with E-state index >= 15 is 0 Å². The highest BCUT2D eigenvalue weighted by molar-refractivity contribution is 5.98. The number of carbonyl (C=O) groups is 2. The molecule has 1 N–H and O–H groups in total. The minimum atomic E-state index is -0.942. The van der Waals surface area contributed by atoms with E-state index in [4.69, 9.17) is 4.74 Å². The number of pyridine rings is 1. The van der Waals surface area contributed by atoms with Crippen molar-refractivity contribution in [3.8, 4) is 0 Å². The van der Waals surface area contributed by atoms with Gasteiger partial charge in [0.25, 0.3) is 5.91 Å². The van der Waals surface area contributed by atoms with Gasteiger partial charge in [-0.2, -0.15) is 0 Å². The molecule has 1 spiro atoms. The minimum absolute atomic E-state index is 0.0385. The Hall–Kier alpha value is -2.87. The number of carbonyl (C=O) groups excluding carboxylic acids is 2. The van der Waals surface area contributed by atoms with Crippen LogP contribution in [0.5, 0.6) is 0 Å². The van der Waals surface area contributed by atoms with Crippen molar-refractivity contribution in [2.75, 3.05) is 6.61 Å². The van der Waals surface area contributed by atoms with Gasteiger partial charge in [-0.15, -0.1) is 0 Å². The molecule has 1 aliphatic heterocycles. The van der Waals surface area contributed by atoms with Gasteiger partial charge in [-0.1, -0.05) is 13.0 Å². The lowest BCUT2D eigenvalue weighted by molar-refractivity contribution is -0.128. The average Bonchev–Trinajstić information content (AvgIpc) is 3.12. The van der Waals surface area contributed by atoms with E-state index in [1.165, 1.54) is 4.90 Å². The minimum Gasteiger partial charge on any atom is -0.353 e. The van der Waals surface area contributed by atoms with Crippen LogP contribution < -0.4 is 5.32 Å². The van der Waals surface area contributed by atoms with Crippen LogP contribution in [0.25, 0.3) is 0 Å². The van der Waals surface area contributed by atoms with Crippen LogP contribution in [-0.4, -0.2) is 40.1 Å². The standard InChI is InChI=1S/C23H25F2N3O3/c1-15-4-6-23(7-5-15)28(22(30)17-9-18(24)11-19(25)10-17)20(14-31-23)21(29)27-13-16-3-2-8-26-12-16/h2-3,8-12,15,20H,4-7,13-14H2,1H3,(H,27,29)/t15?,20-,23?/m1/s1. The third-order valence-corrected chi connectivity index (χ3v) is 6.14. The SMILES string of the molecule is CC1CCC2(CC1)OC[C@H](C(=O)NCc1cccnc1)N2C(=O)c1cc(F)cc(F)c1. The van der Waals surface area contributed by atoms with Gasteiger partial charge in [0.2, 0.25) is 5.91 Å². The van der Waals surface area contributed by atoms with E-state index in [-0.39, 0.29) is 24.6 Å². The van der Waals surface area contributed by atoms with Gasteiger partial charge in [0.1, 0.15) is 23.4 Å². The quantitative estimate of drug-likeness (QED) is 0.809. The van der Waals surface area contributed by atoms with Crippen molar-refractivity contribution in [2.45, 2.75) is 50.9 Å². The molecule has 1 aliphatic carbocycles. The second-order valence-corrected chi connectivity index (χ2v) is 8.37. The molecule has 2 fully saturated rings. The lowest BCUT2D eigenvalue weighted by Gasteiger charge is -2.43. The van der Waals surface area contributed by atoms with Gasteiger partial charge in [-0.25, -0.2) is 8.78 Å². The van der Waals surface area contributed by atoms with Gasteiger partial charge in [0, 0.05) is 30.6 Å². The van der Waals surface area contributed by atoms with Crippen molar-refractivity contribution < 1.29 is 23.1 Å². The zero-order chi connectivity index (χ0) is 22.0. The number of ether oxygens (including phenoxy) is 1. The fraction of sp³-hybridized carbons (Fsp3) is 0.435. The summed E-state index contributed by atoms with van der Waals surface area (Å²) >= 11 is 0. The first-order valence-electron chi connectivity index (χ1n) is 10.5. The molecule has 2 aromatic rings. The number of rotatable bonds is 4. The summed E-state index contributed by atoms with van der Waals surface area (Å²) in [4.78, 5) is 31.9. The van der Waals surface area contributed by atoms with Crippen molar-refractivity contribution in [1.29, 1.82) is 0 Å². The summed E-state index contributed by atoms with van der Waals surface area (Å²) in [7, 11) is 0. The maximum absolute atomic E-state index is 13.8. The molecule has 0 radical (unpaired) electrons. The van der Waals surface area contributed by atoms with Crippen LogP contribution in [0.4, 0.5) is 8.78 Å². The normalized spacial score (nSPS) is 25.6. The van der Waals surface area contributed by atoms with E-state index in [1.54, 1.807) is 18.5 Å². The van der Waals surface area contributed by atoms with Crippen LogP contribution in [0.15, 0.2) is 42.7 Å². The third kappa shape index (κ3) is 4.44. The number of nitrogens with zero attached hydrogens (tertiary/aromatic N) is 2. The van der Waals surface area contributed by atoms with E-state index in [0.717, 1.165) is 30.5 Å². The van der Waals surface area contributed by atoms with Crippen LogP contribution in [0, 0.1) is 17.6 Å². The van der Waals surface area contributed by atoms with Gasteiger partial charge in [-0.05, 0) is 55.4 Å². The van der Waals surface area contributed by atoms with Crippen molar-refractivity contribution in [1.82, 2.24) is 15.2 Å². The summed E-state index contributed by atoms with van der Waals surface area (Å²) in [6, 6.07) is 5.42. The lowest BCUT2D eigenvalue weighted by atomic mass is 9.83. The summed E-state index contributed by atoms with van der Waals surface area (Å²) in [6.07, 6.45) is 6.11.